The molecule has 2 N–H and O–H groups in total. The average molecular weight is 610 g/mol. The summed E-state index contributed by atoms with van der Waals surface area (Å²) in [5.74, 6) is 0.450. The van der Waals surface area contributed by atoms with Gasteiger partial charge in [0.2, 0.25) is 0 Å². The number of hydrogen-bond donors (Lipinski definition) is 2. The molecule has 0 aliphatic carbocycles. The second kappa shape index (κ2) is 14.4. The molecular formula is C43H63NO. The molecule has 3 rings (SSSR count). The molecule has 2 nitrogen and oxygen atoms in total. The first-order valence-corrected chi connectivity index (χ1v) is 16.6. The van der Waals surface area contributed by atoms with Gasteiger partial charge in [-0.3, -0.25) is 0 Å². The van der Waals surface area contributed by atoms with Gasteiger partial charge in [-0.15, -0.1) is 13.2 Å². The van der Waals surface area contributed by atoms with Gasteiger partial charge >= 0.3 is 0 Å². The van der Waals surface area contributed by atoms with Crippen LogP contribution in [0.2, 0.25) is 0 Å². The van der Waals surface area contributed by atoms with Gasteiger partial charge in [0.05, 0.1) is 0 Å². The third kappa shape index (κ3) is 10.4. The number of phenolic OH excluding ortho intramolecular Hbond substituents is 1. The Morgan fingerprint density at radius 2 is 0.933 bits per heavy atom. The van der Waals surface area contributed by atoms with Gasteiger partial charge in [-0.25, -0.2) is 0 Å². The van der Waals surface area contributed by atoms with Crippen LogP contribution in [0.15, 0.2) is 74.0 Å². The zero-order valence-electron chi connectivity index (χ0n) is 31.0. The molecule has 0 fully saturated rings. The Morgan fingerprint density at radius 3 is 1.33 bits per heavy atom. The molecular weight excluding hydrogens is 546 g/mol. The van der Waals surface area contributed by atoms with E-state index in [1.807, 2.05) is 0 Å². The number of anilines is 1. The fourth-order valence-corrected chi connectivity index (χ4v) is 6.06. The van der Waals surface area contributed by atoms with Crippen molar-refractivity contribution in [2.75, 3.05) is 5.32 Å². The van der Waals surface area contributed by atoms with Gasteiger partial charge in [-0.2, -0.15) is 0 Å². The van der Waals surface area contributed by atoms with Crippen molar-refractivity contribution in [3.8, 4) is 5.75 Å². The number of aryl methyl sites for hydroxylation is 3. The fraction of sp³-hybridized carbons (Fsp3) is 0.488. The Labute approximate surface area is 277 Å². The highest BCUT2D eigenvalue weighted by atomic mass is 16.3. The average Bonchev–Trinajstić information content (AvgIpc) is 2.91. The minimum absolute atomic E-state index is 0.112. The Hall–Kier alpha value is -3.26. The third-order valence-corrected chi connectivity index (χ3v) is 8.56. The van der Waals surface area contributed by atoms with Crippen LogP contribution in [0.25, 0.3) is 0 Å². The van der Waals surface area contributed by atoms with Crippen LogP contribution in [0.4, 0.5) is 5.69 Å². The van der Waals surface area contributed by atoms with Crippen molar-refractivity contribution in [1.82, 2.24) is 0 Å². The number of phenols is 1. The largest absolute Gasteiger partial charge is 0.507 e. The highest BCUT2D eigenvalue weighted by Gasteiger charge is 2.27. The number of allylic oxidation sites excluding steroid dienone is 1. The van der Waals surface area contributed by atoms with E-state index in [1.165, 1.54) is 33.4 Å². The van der Waals surface area contributed by atoms with Crippen LogP contribution in [-0.4, -0.2) is 5.11 Å². The zero-order chi connectivity index (χ0) is 34.5. The topological polar surface area (TPSA) is 32.3 Å². The molecule has 3 aromatic carbocycles. The number of benzene rings is 3. The maximum atomic E-state index is 11.1. The van der Waals surface area contributed by atoms with Crippen LogP contribution in [0, 0.1) is 6.92 Å². The molecule has 0 saturated carbocycles. The molecule has 0 aromatic heterocycles. The first-order chi connectivity index (χ1) is 20.6. The molecule has 45 heavy (non-hydrogen) atoms. The normalized spacial score (nSPS) is 12.4. The van der Waals surface area contributed by atoms with Gasteiger partial charge in [0.1, 0.15) is 5.75 Å². The van der Waals surface area contributed by atoms with E-state index in [2.05, 4.69) is 164 Å². The van der Waals surface area contributed by atoms with Crippen molar-refractivity contribution >= 4 is 5.69 Å². The van der Waals surface area contributed by atoms with E-state index in [0.29, 0.717) is 5.75 Å². The molecule has 0 saturated heterocycles. The van der Waals surface area contributed by atoms with Crippen LogP contribution in [-0.2, 0) is 40.9 Å². The van der Waals surface area contributed by atoms with Crippen molar-refractivity contribution in [3.63, 3.8) is 0 Å². The first kappa shape index (κ1) is 37.9. The van der Waals surface area contributed by atoms with Gasteiger partial charge < -0.3 is 10.4 Å². The number of rotatable bonds is 8. The van der Waals surface area contributed by atoms with E-state index in [-0.39, 0.29) is 21.7 Å². The van der Waals surface area contributed by atoms with E-state index in [1.54, 1.807) is 0 Å². The minimum atomic E-state index is -0.112. The fourth-order valence-electron chi connectivity index (χ4n) is 6.06. The van der Waals surface area contributed by atoms with Crippen LogP contribution >= 0.6 is 0 Å². The van der Waals surface area contributed by atoms with Crippen LogP contribution in [0.1, 0.15) is 134 Å². The molecule has 246 valence electrons. The summed E-state index contributed by atoms with van der Waals surface area (Å²) in [5.41, 5.74) is 12.5. The first-order valence-electron chi connectivity index (χ1n) is 16.6. The maximum absolute atomic E-state index is 11.1. The summed E-state index contributed by atoms with van der Waals surface area (Å²) in [6, 6.07) is 18.0. The van der Waals surface area contributed by atoms with E-state index >= 15 is 0 Å². The molecule has 0 unspecified atom stereocenters. The van der Waals surface area contributed by atoms with Crippen molar-refractivity contribution in [2.45, 2.75) is 137 Å². The lowest BCUT2D eigenvalue weighted by Crippen LogP contribution is -2.20. The Morgan fingerprint density at radius 1 is 0.578 bits per heavy atom. The summed E-state index contributed by atoms with van der Waals surface area (Å²) >= 11 is 0. The molecule has 0 atom stereocenters. The summed E-state index contributed by atoms with van der Waals surface area (Å²) < 4.78 is 0. The Kier molecular flexibility index (Phi) is 12.2. The maximum Gasteiger partial charge on any atom is 0.123 e. The van der Waals surface area contributed by atoms with Crippen molar-refractivity contribution in [1.29, 1.82) is 0 Å². The van der Waals surface area contributed by atoms with Crippen LogP contribution in [0.3, 0.4) is 0 Å². The molecule has 0 bridgehead atoms. The summed E-state index contributed by atoms with van der Waals surface area (Å²) in [4.78, 5) is 0. The van der Waals surface area contributed by atoms with E-state index in [9.17, 15) is 5.11 Å². The summed E-state index contributed by atoms with van der Waals surface area (Å²) in [6.45, 7) is 39.5. The van der Waals surface area contributed by atoms with Gasteiger partial charge in [-0.1, -0.05) is 126 Å². The molecule has 2 heteroatoms. The number of nitrogens with one attached hydrogen (secondary N) is 1. The van der Waals surface area contributed by atoms with E-state index in [0.717, 1.165) is 48.2 Å². The standard InChI is InChI=1S/C41H59NO.C2H4/c1-27(15-16-30-23-33(38(3,4)5)28(2)34(24-30)39(6,7)8)42-32-21-19-29(20-22-32)17-18-31-25-35(40(9,10)11)37(43)36(26-31)41(12,13)14;1-2/h19-26,42-43H,1,15-18H2,2-14H3;1-2H2. The number of aromatic hydroxyl groups is 1. The lowest BCUT2D eigenvalue weighted by Gasteiger charge is -2.30. The molecule has 0 aliphatic rings. The van der Waals surface area contributed by atoms with Crippen LogP contribution < -0.4 is 5.32 Å². The van der Waals surface area contributed by atoms with E-state index in [4.69, 9.17) is 0 Å². The Balaban J connectivity index is 0.00000345. The van der Waals surface area contributed by atoms with Crippen molar-refractivity contribution in [2.24, 2.45) is 0 Å². The zero-order valence-corrected chi connectivity index (χ0v) is 31.0. The third-order valence-electron chi connectivity index (χ3n) is 8.56. The smallest absolute Gasteiger partial charge is 0.123 e. The van der Waals surface area contributed by atoms with Gasteiger partial charge in [-0.05, 0) is 111 Å². The lowest BCUT2D eigenvalue weighted by atomic mass is 9.75. The lowest BCUT2D eigenvalue weighted by molar-refractivity contribution is 0.422. The van der Waals surface area contributed by atoms with Gasteiger partial charge in [0, 0.05) is 11.4 Å². The highest BCUT2D eigenvalue weighted by Crippen LogP contribution is 2.40. The molecule has 0 radical (unpaired) electrons. The van der Waals surface area contributed by atoms with Crippen molar-refractivity contribution in [3.05, 3.63) is 118 Å². The Bertz CT molecular complexity index is 1370. The molecule has 0 spiro atoms. The molecule has 0 heterocycles. The summed E-state index contributed by atoms with van der Waals surface area (Å²) in [7, 11) is 0. The SMILES string of the molecule is C=C.C=C(CCc1cc(C(C)(C)C)c(C)c(C(C)(C)C)c1)Nc1ccc(CCc2cc(C(C)(C)C)c(O)c(C(C)(C)C)c2)cc1. The minimum Gasteiger partial charge on any atom is -0.507 e. The predicted molar refractivity (Wildman–Crippen MR) is 200 cm³/mol. The quantitative estimate of drug-likeness (QED) is 0.249. The van der Waals surface area contributed by atoms with Gasteiger partial charge in [0.25, 0.3) is 0 Å². The van der Waals surface area contributed by atoms with Crippen molar-refractivity contribution < 1.29 is 5.11 Å². The molecule has 3 aromatic rings. The highest BCUT2D eigenvalue weighted by molar-refractivity contribution is 5.51. The summed E-state index contributed by atoms with van der Waals surface area (Å²) in [5, 5.41) is 14.6. The second-order valence-corrected chi connectivity index (χ2v) is 16.8. The molecule has 0 amide bonds. The second-order valence-electron chi connectivity index (χ2n) is 16.8. The van der Waals surface area contributed by atoms with Gasteiger partial charge in [0.15, 0.2) is 0 Å². The van der Waals surface area contributed by atoms with E-state index < -0.39 is 0 Å². The predicted octanol–water partition coefficient (Wildman–Crippen LogP) is 12.0. The molecule has 0 aliphatic heterocycles. The monoisotopic (exact) mass is 609 g/mol. The van der Waals surface area contributed by atoms with Crippen LogP contribution in [0.5, 0.6) is 5.75 Å². The number of hydrogen-bond acceptors (Lipinski definition) is 2. The summed E-state index contributed by atoms with van der Waals surface area (Å²) in [6.07, 6.45) is 3.76.